The zero-order valence-electron chi connectivity index (χ0n) is 8.99. The largest absolute Gasteiger partial charge is 0.352 e. The maximum absolute atomic E-state index is 11.7. The van der Waals surface area contributed by atoms with Gasteiger partial charge in [0.1, 0.15) is 0 Å². The number of hydrogen-bond donors (Lipinski definition) is 1. The molecule has 1 aromatic heterocycles. The number of nitrogens with one attached hydrogen (secondary N) is 1. The van der Waals surface area contributed by atoms with E-state index in [9.17, 15) is 4.79 Å². The number of aromatic nitrogens is 2. The third-order valence-corrected chi connectivity index (χ3v) is 3.59. The highest BCUT2D eigenvalue weighted by molar-refractivity contribution is 7.98. The molecular formula is C10H15N3OS. The first-order valence-corrected chi connectivity index (χ1v) is 6.40. The van der Waals surface area contributed by atoms with Crippen molar-refractivity contribution in [1.82, 2.24) is 15.1 Å². The lowest BCUT2D eigenvalue weighted by molar-refractivity contribution is 0.0956. The molecule has 0 aromatic carbocycles. The standard InChI is InChI=1S/C10H15N3OS/c1-7(15-2)13-9-4-3-5-11-10(14)8(9)6-12-13/h6-7H,3-5H2,1-2H3,(H,11,14). The van der Waals surface area contributed by atoms with Gasteiger partial charge < -0.3 is 5.32 Å². The minimum atomic E-state index is 0.0158. The van der Waals surface area contributed by atoms with Crippen LogP contribution in [0, 0.1) is 0 Å². The van der Waals surface area contributed by atoms with Crippen molar-refractivity contribution in [2.75, 3.05) is 12.8 Å². The van der Waals surface area contributed by atoms with Gasteiger partial charge in [0.05, 0.1) is 22.8 Å². The lowest BCUT2D eigenvalue weighted by atomic mass is 10.2. The van der Waals surface area contributed by atoms with Gasteiger partial charge in [-0.25, -0.2) is 0 Å². The summed E-state index contributed by atoms with van der Waals surface area (Å²) in [5, 5.41) is 7.46. The highest BCUT2D eigenvalue weighted by Gasteiger charge is 2.21. The summed E-state index contributed by atoms with van der Waals surface area (Å²) in [5.41, 5.74) is 1.82. The summed E-state index contributed by atoms with van der Waals surface area (Å²) >= 11 is 1.73. The molecule has 0 spiro atoms. The van der Waals surface area contributed by atoms with Crippen molar-refractivity contribution in [3.8, 4) is 0 Å². The van der Waals surface area contributed by atoms with E-state index < -0.39 is 0 Å². The molecule has 4 nitrogen and oxygen atoms in total. The normalized spacial score (nSPS) is 17.9. The van der Waals surface area contributed by atoms with E-state index in [0.717, 1.165) is 30.6 Å². The predicted octanol–water partition coefficient (Wildman–Crippen LogP) is 1.44. The van der Waals surface area contributed by atoms with Crippen LogP contribution in [-0.4, -0.2) is 28.5 Å². The molecule has 0 fully saturated rings. The highest BCUT2D eigenvalue weighted by atomic mass is 32.2. The number of carbonyl (C=O) groups excluding carboxylic acids is 1. The van der Waals surface area contributed by atoms with E-state index in [4.69, 9.17) is 0 Å². The maximum atomic E-state index is 11.7. The zero-order chi connectivity index (χ0) is 10.8. The molecular weight excluding hydrogens is 210 g/mol. The van der Waals surface area contributed by atoms with Crippen molar-refractivity contribution >= 4 is 17.7 Å². The maximum Gasteiger partial charge on any atom is 0.254 e. The molecule has 0 saturated heterocycles. The van der Waals surface area contributed by atoms with Gasteiger partial charge >= 0.3 is 0 Å². The van der Waals surface area contributed by atoms with Crippen LogP contribution in [0.15, 0.2) is 6.20 Å². The third-order valence-electron chi connectivity index (χ3n) is 2.70. The third kappa shape index (κ3) is 1.88. The molecule has 2 heterocycles. The molecule has 0 bridgehead atoms. The highest BCUT2D eigenvalue weighted by Crippen LogP contribution is 2.23. The number of hydrogen-bond acceptors (Lipinski definition) is 3. The molecule has 1 amide bonds. The van der Waals surface area contributed by atoms with E-state index in [1.165, 1.54) is 0 Å². The van der Waals surface area contributed by atoms with Crippen LogP contribution in [0.3, 0.4) is 0 Å². The van der Waals surface area contributed by atoms with Gasteiger partial charge in [-0.15, -0.1) is 11.8 Å². The van der Waals surface area contributed by atoms with Crippen LogP contribution in [0.5, 0.6) is 0 Å². The summed E-state index contributed by atoms with van der Waals surface area (Å²) in [6.07, 6.45) is 5.66. The van der Waals surface area contributed by atoms with Gasteiger partial charge in [0, 0.05) is 6.54 Å². The van der Waals surface area contributed by atoms with E-state index in [-0.39, 0.29) is 5.91 Å². The first kappa shape index (κ1) is 10.5. The first-order chi connectivity index (χ1) is 7.24. The Hall–Kier alpha value is -0.970. The molecule has 82 valence electrons. The summed E-state index contributed by atoms with van der Waals surface area (Å²) in [6, 6.07) is 0. The van der Waals surface area contributed by atoms with Crippen molar-refractivity contribution < 1.29 is 4.79 Å². The second kappa shape index (κ2) is 4.26. The fourth-order valence-corrected chi connectivity index (χ4v) is 2.17. The molecule has 1 aliphatic heterocycles. The lowest BCUT2D eigenvalue weighted by Gasteiger charge is -2.12. The molecule has 0 radical (unpaired) electrons. The number of amides is 1. The minimum absolute atomic E-state index is 0.0158. The summed E-state index contributed by atoms with van der Waals surface area (Å²) < 4.78 is 1.96. The lowest BCUT2D eigenvalue weighted by Crippen LogP contribution is -2.22. The molecule has 1 aromatic rings. The van der Waals surface area contributed by atoms with Crippen LogP contribution in [0.1, 0.15) is 34.8 Å². The van der Waals surface area contributed by atoms with Crippen LogP contribution in [-0.2, 0) is 6.42 Å². The minimum Gasteiger partial charge on any atom is -0.352 e. The Bertz CT molecular complexity index is 375. The molecule has 1 atom stereocenters. The van der Waals surface area contributed by atoms with E-state index in [1.54, 1.807) is 18.0 Å². The number of fused-ring (bicyclic) bond motifs is 1. The quantitative estimate of drug-likeness (QED) is 0.828. The van der Waals surface area contributed by atoms with Gasteiger partial charge in [-0.05, 0) is 26.0 Å². The van der Waals surface area contributed by atoms with Crippen molar-refractivity contribution in [3.05, 3.63) is 17.5 Å². The van der Waals surface area contributed by atoms with Crippen molar-refractivity contribution in [1.29, 1.82) is 0 Å². The Morgan fingerprint density at radius 2 is 2.47 bits per heavy atom. The molecule has 1 N–H and O–H groups in total. The number of carbonyl (C=O) groups is 1. The van der Waals surface area contributed by atoms with E-state index in [2.05, 4.69) is 23.6 Å². The Balaban J connectivity index is 2.39. The van der Waals surface area contributed by atoms with Crippen molar-refractivity contribution in [2.24, 2.45) is 0 Å². The summed E-state index contributed by atoms with van der Waals surface area (Å²) in [6.45, 7) is 2.86. The van der Waals surface area contributed by atoms with Gasteiger partial charge in [-0.2, -0.15) is 5.10 Å². The second-order valence-corrected chi connectivity index (χ2v) is 4.80. The molecule has 15 heavy (non-hydrogen) atoms. The molecule has 2 rings (SSSR count). The summed E-state index contributed by atoms with van der Waals surface area (Å²) in [7, 11) is 0. The SMILES string of the molecule is CSC(C)n1ncc2c1CCCNC2=O. The number of rotatable bonds is 2. The van der Waals surface area contributed by atoms with Gasteiger partial charge in [0.2, 0.25) is 0 Å². The van der Waals surface area contributed by atoms with Crippen molar-refractivity contribution in [3.63, 3.8) is 0 Å². The van der Waals surface area contributed by atoms with E-state index in [1.807, 2.05) is 4.68 Å². The van der Waals surface area contributed by atoms with Gasteiger partial charge in [-0.1, -0.05) is 0 Å². The number of thioether (sulfide) groups is 1. The van der Waals surface area contributed by atoms with Crippen LogP contribution in [0.25, 0.3) is 0 Å². The topological polar surface area (TPSA) is 46.9 Å². The Labute approximate surface area is 93.4 Å². The fourth-order valence-electron chi connectivity index (χ4n) is 1.79. The fraction of sp³-hybridized carbons (Fsp3) is 0.600. The molecule has 1 aliphatic rings. The monoisotopic (exact) mass is 225 g/mol. The summed E-state index contributed by atoms with van der Waals surface area (Å²) in [4.78, 5) is 11.7. The van der Waals surface area contributed by atoms with Crippen LogP contribution in [0.2, 0.25) is 0 Å². The van der Waals surface area contributed by atoms with Crippen LogP contribution < -0.4 is 5.32 Å². The predicted molar refractivity (Wildman–Crippen MR) is 61.1 cm³/mol. The van der Waals surface area contributed by atoms with E-state index >= 15 is 0 Å². The molecule has 0 aliphatic carbocycles. The summed E-state index contributed by atoms with van der Waals surface area (Å²) in [5.74, 6) is 0.0158. The average Bonchev–Trinajstić information content (AvgIpc) is 2.58. The number of nitrogens with zero attached hydrogens (tertiary/aromatic N) is 2. The molecule has 1 unspecified atom stereocenters. The Morgan fingerprint density at radius 1 is 1.67 bits per heavy atom. The zero-order valence-corrected chi connectivity index (χ0v) is 9.80. The Morgan fingerprint density at radius 3 is 3.20 bits per heavy atom. The van der Waals surface area contributed by atoms with Crippen LogP contribution in [0.4, 0.5) is 0 Å². The molecule has 0 saturated carbocycles. The van der Waals surface area contributed by atoms with Gasteiger partial charge in [-0.3, -0.25) is 9.48 Å². The van der Waals surface area contributed by atoms with Crippen LogP contribution >= 0.6 is 11.8 Å². The second-order valence-electron chi connectivity index (χ2n) is 3.64. The van der Waals surface area contributed by atoms with Crippen molar-refractivity contribution in [2.45, 2.75) is 25.1 Å². The van der Waals surface area contributed by atoms with Gasteiger partial charge in [0.15, 0.2) is 0 Å². The molecule has 5 heteroatoms. The smallest absolute Gasteiger partial charge is 0.254 e. The average molecular weight is 225 g/mol. The Kier molecular flexibility index (Phi) is 3.00. The van der Waals surface area contributed by atoms with Gasteiger partial charge in [0.25, 0.3) is 5.91 Å². The first-order valence-electron chi connectivity index (χ1n) is 5.11. The van der Waals surface area contributed by atoms with E-state index in [0.29, 0.717) is 5.37 Å².